The predicted molar refractivity (Wildman–Crippen MR) is 58.2 cm³/mol. The molecule has 0 aliphatic heterocycles. The van der Waals surface area contributed by atoms with Crippen molar-refractivity contribution >= 4 is 11.8 Å². The van der Waals surface area contributed by atoms with Gasteiger partial charge < -0.3 is 15.8 Å². The van der Waals surface area contributed by atoms with Crippen LogP contribution in [0.4, 0.5) is 0 Å². The average Bonchev–Trinajstić information content (AvgIpc) is 2.55. The van der Waals surface area contributed by atoms with Crippen LogP contribution in [0.25, 0.3) is 0 Å². The van der Waals surface area contributed by atoms with E-state index >= 15 is 0 Å². The maximum absolute atomic E-state index is 9.75. The number of nitrogens with zero attached hydrogens (tertiary/aromatic N) is 1. The van der Waals surface area contributed by atoms with E-state index in [1.165, 1.54) is 0 Å². The summed E-state index contributed by atoms with van der Waals surface area (Å²) in [4.78, 5) is 7.12. The third-order valence-corrected chi connectivity index (χ3v) is 2.97. The molecule has 1 aromatic heterocycles. The minimum absolute atomic E-state index is 0.288. The zero-order valence-electron chi connectivity index (χ0n) is 8.53. The summed E-state index contributed by atoms with van der Waals surface area (Å²) in [6, 6.07) is 0. The van der Waals surface area contributed by atoms with Crippen LogP contribution in [0.2, 0.25) is 0 Å². The highest BCUT2D eigenvalue weighted by Gasteiger charge is 2.22. The first-order valence-electron chi connectivity index (χ1n) is 4.62. The SMILES string of the molecule is CC(CC(C)(O)CN)Sc1ncc[nH]1. The summed E-state index contributed by atoms with van der Waals surface area (Å²) in [6.45, 7) is 4.10. The Morgan fingerprint density at radius 2 is 2.50 bits per heavy atom. The van der Waals surface area contributed by atoms with E-state index in [0.29, 0.717) is 11.7 Å². The van der Waals surface area contributed by atoms with Crippen molar-refractivity contribution in [1.29, 1.82) is 0 Å². The van der Waals surface area contributed by atoms with E-state index in [1.54, 1.807) is 31.1 Å². The number of imidazole rings is 1. The normalized spacial score (nSPS) is 17.7. The Labute approximate surface area is 88.3 Å². The van der Waals surface area contributed by atoms with E-state index in [-0.39, 0.29) is 6.54 Å². The quantitative estimate of drug-likeness (QED) is 0.640. The van der Waals surface area contributed by atoms with Crippen LogP contribution in [-0.2, 0) is 0 Å². The topological polar surface area (TPSA) is 74.9 Å². The Balaban J connectivity index is 2.40. The summed E-state index contributed by atoms with van der Waals surface area (Å²) in [5.41, 5.74) is 4.67. The van der Waals surface area contributed by atoms with E-state index in [9.17, 15) is 5.11 Å². The third kappa shape index (κ3) is 3.69. The second kappa shape index (κ2) is 4.82. The van der Waals surface area contributed by atoms with Crippen molar-refractivity contribution in [3.8, 4) is 0 Å². The van der Waals surface area contributed by atoms with Gasteiger partial charge in [-0.25, -0.2) is 4.98 Å². The standard InChI is InChI=1S/C9H17N3OS/c1-7(5-9(2,13)6-10)14-8-11-3-4-12-8/h3-4,7,13H,5-6,10H2,1-2H3,(H,11,12). The Bertz CT molecular complexity index is 261. The highest BCUT2D eigenvalue weighted by molar-refractivity contribution is 7.99. The van der Waals surface area contributed by atoms with Crippen molar-refractivity contribution in [2.45, 2.75) is 36.3 Å². The molecule has 4 nitrogen and oxygen atoms in total. The van der Waals surface area contributed by atoms with Crippen LogP contribution in [0, 0.1) is 0 Å². The maximum Gasteiger partial charge on any atom is 0.165 e. The second-order valence-electron chi connectivity index (χ2n) is 3.73. The smallest absolute Gasteiger partial charge is 0.165 e. The van der Waals surface area contributed by atoms with Crippen LogP contribution in [0.3, 0.4) is 0 Å². The monoisotopic (exact) mass is 215 g/mol. The van der Waals surface area contributed by atoms with Crippen LogP contribution in [0.15, 0.2) is 17.6 Å². The van der Waals surface area contributed by atoms with Gasteiger partial charge in [0, 0.05) is 24.2 Å². The lowest BCUT2D eigenvalue weighted by Crippen LogP contribution is -2.36. The van der Waals surface area contributed by atoms with Gasteiger partial charge in [0.05, 0.1) is 5.60 Å². The molecular weight excluding hydrogens is 198 g/mol. The number of hydrogen-bond donors (Lipinski definition) is 3. The highest BCUT2D eigenvalue weighted by atomic mass is 32.2. The minimum Gasteiger partial charge on any atom is -0.389 e. The largest absolute Gasteiger partial charge is 0.389 e. The molecule has 14 heavy (non-hydrogen) atoms. The molecule has 1 heterocycles. The molecule has 2 atom stereocenters. The minimum atomic E-state index is -0.779. The van der Waals surface area contributed by atoms with E-state index in [4.69, 9.17) is 5.73 Å². The van der Waals surface area contributed by atoms with Crippen molar-refractivity contribution in [2.75, 3.05) is 6.54 Å². The fourth-order valence-corrected chi connectivity index (χ4v) is 2.33. The molecule has 1 aromatic rings. The molecule has 0 fully saturated rings. The first-order chi connectivity index (χ1) is 6.53. The number of aromatic amines is 1. The van der Waals surface area contributed by atoms with Gasteiger partial charge in [-0.05, 0) is 13.3 Å². The van der Waals surface area contributed by atoms with Crippen molar-refractivity contribution in [2.24, 2.45) is 5.73 Å². The van der Waals surface area contributed by atoms with Gasteiger partial charge in [0.2, 0.25) is 0 Å². The van der Waals surface area contributed by atoms with Gasteiger partial charge in [0.25, 0.3) is 0 Å². The number of nitrogens with two attached hydrogens (primary N) is 1. The van der Waals surface area contributed by atoms with Gasteiger partial charge >= 0.3 is 0 Å². The van der Waals surface area contributed by atoms with Crippen LogP contribution in [0.1, 0.15) is 20.3 Å². The average molecular weight is 215 g/mol. The van der Waals surface area contributed by atoms with Gasteiger partial charge in [-0.1, -0.05) is 18.7 Å². The zero-order chi connectivity index (χ0) is 10.6. The molecule has 0 saturated heterocycles. The summed E-state index contributed by atoms with van der Waals surface area (Å²) in [7, 11) is 0. The fraction of sp³-hybridized carbons (Fsp3) is 0.667. The molecule has 5 heteroatoms. The number of aromatic nitrogens is 2. The summed E-state index contributed by atoms with van der Waals surface area (Å²) >= 11 is 1.61. The first-order valence-corrected chi connectivity index (χ1v) is 5.50. The molecule has 0 bridgehead atoms. The lowest BCUT2D eigenvalue weighted by molar-refractivity contribution is 0.0608. The molecule has 0 aliphatic rings. The summed E-state index contributed by atoms with van der Waals surface area (Å²) in [5, 5.41) is 10.9. The lowest BCUT2D eigenvalue weighted by atomic mass is 10.0. The van der Waals surface area contributed by atoms with Crippen molar-refractivity contribution in [1.82, 2.24) is 9.97 Å². The van der Waals surface area contributed by atoms with E-state index < -0.39 is 5.60 Å². The molecular formula is C9H17N3OS. The molecule has 0 amide bonds. The van der Waals surface area contributed by atoms with E-state index in [2.05, 4.69) is 16.9 Å². The molecule has 0 spiro atoms. The van der Waals surface area contributed by atoms with E-state index in [1.807, 2.05) is 0 Å². The van der Waals surface area contributed by atoms with Crippen LogP contribution in [0.5, 0.6) is 0 Å². The number of rotatable bonds is 5. The Kier molecular flexibility index (Phi) is 3.97. The number of nitrogens with one attached hydrogen (secondary N) is 1. The van der Waals surface area contributed by atoms with Crippen molar-refractivity contribution in [3.63, 3.8) is 0 Å². The van der Waals surface area contributed by atoms with Crippen LogP contribution >= 0.6 is 11.8 Å². The molecule has 80 valence electrons. The van der Waals surface area contributed by atoms with Gasteiger partial charge in [-0.15, -0.1) is 0 Å². The van der Waals surface area contributed by atoms with Gasteiger partial charge in [-0.2, -0.15) is 0 Å². The summed E-state index contributed by atoms with van der Waals surface area (Å²) in [6.07, 6.45) is 4.17. The third-order valence-electron chi connectivity index (χ3n) is 1.95. The first kappa shape index (κ1) is 11.6. The molecule has 4 N–H and O–H groups in total. The molecule has 0 saturated carbocycles. The maximum atomic E-state index is 9.75. The van der Waals surface area contributed by atoms with Gasteiger partial charge in [-0.3, -0.25) is 0 Å². The number of H-pyrrole nitrogens is 1. The number of hydrogen-bond acceptors (Lipinski definition) is 4. The molecule has 0 aliphatic carbocycles. The fourth-order valence-electron chi connectivity index (χ4n) is 1.25. The predicted octanol–water partition coefficient (Wildman–Crippen LogP) is 0.990. The molecule has 0 aromatic carbocycles. The summed E-state index contributed by atoms with van der Waals surface area (Å²) in [5.74, 6) is 0. The van der Waals surface area contributed by atoms with Gasteiger partial charge in [0.15, 0.2) is 5.16 Å². The number of thioether (sulfide) groups is 1. The molecule has 2 unspecified atom stereocenters. The van der Waals surface area contributed by atoms with Crippen molar-refractivity contribution in [3.05, 3.63) is 12.4 Å². The van der Waals surface area contributed by atoms with Gasteiger partial charge in [0.1, 0.15) is 0 Å². The number of aliphatic hydroxyl groups is 1. The van der Waals surface area contributed by atoms with Crippen LogP contribution < -0.4 is 5.73 Å². The van der Waals surface area contributed by atoms with Crippen molar-refractivity contribution < 1.29 is 5.11 Å². The Morgan fingerprint density at radius 3 is 3.00 bits per heavy atom. The second-order valence-corrected chi connectivity index (χ2v) is 5.16. The Hall–Kier alpha value is -0.520. The van der Waals surface area contributed by atoms with Crippen LogP contribution in [-0.4, -0.2) is 32.5 Å². The molecule has 0 radical (unpaired) electrons. The zero-order valence-corrected chi connectivity index (χ0v) is 9.34. The summed E-state index contributed by atoms with van der Waals surface area (Å²) < 4.78 is 0. The molecule has 1 rings (SSSR count). The lowest BCUT2D eigenvalue weighted by Gasteiger charge is -2.24. The van der Waals surface area contributed by atoms with E-state index in [0.717, 1.165) is 5.16 Å². The highest BCUT2D eigenvalue weighted by Crippen LogP contribution is 2.25. The Morgan fingerprint density at radius 1 is 1.79 bits per heavy atom.